The Bertz CT molecular complexity index is 1210. The molecule has 0 N–H and O–H groups in total. The highest BCUT2D eigenvalue weighted by molar-refractivity contribution is 7.91. The van der Waals surface area contributed by atoms with Gasteiger partial charge in [-0.2, -0.15) is 18.4 Å². The minimum atomic E-state index is -4.69. The number of pyridine rings is 1. The van der Waals surface area contributed by atoms with Gasteiger partial charge in [0.1, 0.15) is 11.2 Å². The van der Waals surface area contributed by atoms with Gasteiger partial charge in [0.05, 0.1) is 28.8 Å². The van der Waals surface area contributed by atoms with Crippen molar-refractivity contribution in [1.29, 1.82) is 5.26 Å². The van der Waals surface area contributed by atoms with Crippen LogP contribution in [0.4, 0.5) is 13.2 Å². The van der Waals surface area contributed by atoms with Crippen molar-refractivity contribution in [2.24, 2.45) is 7.05 Å². The smallest absolute Gasteiger partial charge is 0.309 e. The van der Waals surface area contributed by atoms with E-state index >= 15 is 0 Å². The number of aromatic nitrogens is 5. The summed E-state index contributed by atoms with van der Waals surface area (Å²) < 4.78 is 64.9. The molecule has 0 saturated carbocycles. The predicted molar refractivity (Wildman–Crippen MR) is 91.6 cm³/mol. The number of imidazole rings is 1. The molecule has 0 aliphatic carbocycles. The minimum Gasteiger partial charge on any atom is -0.309 e. The second kappa shape index (κ2) is 6.83. The second-order valence-corrected chi connectivity index (χ2v) is 8.06. The van der Waals surface area contributed by atoms with E-state index in [9.17, 15) is 21.6 Å². The van der Waals surface area contributed by atoms with Crippen molar-refractivity contribution in [3.63, 3.8) is 0 Å². The molecule has 3 rings (SSSR count). The molecule has 0 atom stereocenters. The lowest BCUT2D eigenvalue weighted by Crippen LogP contribution is -2.10. The summed E-state index contributed by atoms with van der Waals surface area (Å²) in [5.74, 6) is -0.197. The van der Waals surface area contributed by atoms with E-state index in [0.29, 0.717) is 5.69 Å². The van der Waals surface area contributed by atoms with Gasteiger partial charge in [-0.25, -0.2) is 18.4 Å². The van der Waals surface area contributed by atoms with Crippen LogP contribution in [0.3, 0.4) is 0 Å². The van der Waals surface area contributed by atoms with Gasteiger partial charge >= 0.3 is 6.18 Å². The van der Waals surface area contributed by atoms with Crippen LogP contribution in [0, 0.1) is 11.3 Å². The second-order valence-electron chi connectivity index (χ2n) is 5.82. The Kier molecular flexibility index (Phi) is 4.80. The van der Waals surface area contributed by atoms with E-state index in [4.69, 9.17) is 5.26 Å². The van der Waals surface area contributed by atoms with Crippen molar-refractivity contribution >= 4 is 21.0 Å². The lowest BCUT2D eigenvalue weighted by molar-refractivity contribution is -0.141. The molecule has 12 heteroatoms. The van der Waals surface area contributed by atoms with E-state index in [0.717, 1.165) is 6.07 Å². The van der Waals surface area contributed by atoms with E-state index in [1.54, 1.807) is 0 Å². The summed E-state index contributed by atoms with van der Waals surface area (Å²) in [5, 5.41) is 15.6. The molecular formula is C16H13F3N6O2S. The van der Waals surface area contributed by atoms with Crippen LogP contribution in [-0.4, -0.2) is 38.9 Å². The quantitative estimate of drug-likeness (QED) is 0.648. The molecule has 0 aromatic carbocycles. The van der Waals surface area contributed by atoms with Crippen LogP contribution >= 0.6 is 0 Å². The first-order chi connectivity index (χ1) is 13.1. The molecule has 0 spiro atoms. The van der Waals surface area contributed by atoms with Gasteiger partial charge in [0.25, 0.3) is 0 Å². The molecule has 8 nitrogen and oxygen atoms in total. The van der Waals surface area contributed by atoms with E-state index in [1.165, 1.54) is 30.7 Å². The Morgan fingerprint density at radius 3 is 2.54 bits per heavy atom. The highest BCUT2D eigenvalue weighted by Crippen LogP contribution is 2.31. The number of nitriles is 1. The molecule has 0 saturated heterocycles. The fourth-order valence-corrected chi connectivity index (χ4v) is 3.59. The van der Waals surface area contributed by atoms with Gasteiger partial charge in [-0.3, -0.25) is 0 Å². The first-order valence-electron chi connectivity index (χ1n) is 7.96. The maximum absolute atomic E-state index is 12.9. The minimum absolute atomic E-state index is 0.00967. The number of alkyl halides is 3. The van der Waals surface area contributed by atoms with Crippen molar-refractivity contribution in [3.8, 4) is 17.6 Å². The van der Waals surface area contributed by atoms with Gasteiger partial charge in [-0.15, -0.1) is 10.2 Å². The third kappa shape index (κ3) is 3.40. The van der Waals surface area contributed by atoms with E-state index < -0.39 is 21.7 Å². The van der Waals surface area contributed by atoms with Gasteiger partial charge in [0, 0.05) is 13.1 Å². The molecular weight excluding hydrogens is 397 g/mol. The molecule has 28 heavy (non-hydrogen) atoms. The third-order valence-electron chi connectivity index (χ3n) is 4.01. The summed E-state index contributed by atoms with van der Waals surface area (Å²) >= 11 is 0. The molecule has 3 aromatic heterocycles. The Morgan fingerprint density at radius 2 is 1.93 bits per heavy atom. The number of aryl methyl sites for hydroxylation is 1. The summed E-state index contributed by atoms with van der Waals surface area (Å²) in [5.41, 5.74) is -1.02. The molecule has 3 heterocycles. The summed E-state index contributed by atoms with van der Waals surface area (Å²) in [6.07, 6.45) is -4.76. The average Bonchev–Trinajstić information content (AvgIpc) is 2.97. The van der Waals surface area contributed by atoms with Crippen LogP contribution in [0.15, 0.2) is 23.1 Å². The van der Waals surface area contributed by atoms with Crippen LogP contribution in [0.2, 0.25) is 0 Å². The first kappa shape index (κ1) is 19.7. The zero-order valence-corrected chi connectivity index (χ0v) is 15.5. The zero-order valence-electron chi connectivity index (χ0n) is 14.7. The van der Waals surface area contributed by atoms with E-state index in [-0.39, 0.29) is 39.8 Å². The topological polar surface area (TPSA) is 114 Å². The van der Waals surface area contributed by atoms with Crippen molar-refractivity contribution in [3.05, 3.63) is 29.6 Å². The first-order valence-corrected chi connectivity index (χ1v) is 9.61. The van der Waals surface area contributed by atoms with Gasteiger partial charge in [0.2, 0.25) is 0 Å². The van der Waals surface area contributed by atoms with Crippen LogP contribution < -0.4 is 0 Å². The Balaban J connectivity index is 2.30. The number of sulfone groups is 1. The monoisotopic (exact) mass is 410 g/mol. The van der Waals surface area contributed by atoms with E-state index in [1.807, 2.05) is 6.07 Å². The Hall–Kier alpha value is -3.07. The lowest BCUT2D eigenvalue weighted by Gasteiger charge is -2.10. The highest BCUT2D eigenvalue weighted by Gasteiger charge is 2.34. The molecule has 0 fully saturated rings. The van der Waals surface area contributed by atoms with Crippen molar-refractivity contribution in [2.75, 3.05) is 5.75 Å². The number of hydrogen-bond donors (Lipinski definition) is 0. The summed E-state index contributed by atoms with van der Waals surface area (Å²) in [6.45, 7) is 1.46. The van der Waals surface area contributed by atoms with Crippen LogP contribution in [0.5, 0.6) is 0 Å². The van der Waals surface area contributed by atoms with Gasteiger partial charge in [0.15, 0.2) is 27.0 Å². The molecule has 3 aromatic rings. The van der Waals surface area contributed by atoms with Crippen LogP contribution in [-0.2, 0) is 29.5 Å². The molecule has 0 amide bonds. The number of hydrogen-bond acceptors (Lipinski definition) is 7. The lowest BCUT2D eigenvalue weighted by atomic mass is 10.2. The molecule has 0 unspecified atom stereocenters. The maximum atomic E-state index is 12.9. The van der Waals surface area contributed by atoms with Crippen molar-refractivity contribution in [1.82, 2.24) is 24.7 Å². The van der Waals surface area contributed by atoms with Crippen molar-refractivity contribution in [2.45, 2.75) is 24.4 Å². The molecule has 0 bridgehead atoms. The van der Waals surface area contributed by atoms with Gasteiger partial charge in [-0.1, -0.05) is 6.92 Å². The highest BCUT2D eigenvalue weighted by atomic mass is 32.2. The number of fused-ring (bicyclic) bond motifs is 1. The third-order valence-corrected chi connectivity index (χ3v) is 5.77. The van der Waals surface area contributed by atoms with Crippen LogP contribution in [0.1, 0.15) is 18.3 Å². The molecule has 0 aliphatic rings. The number of halogens is 3. The SMILES string of the molecule is CCS(=O)(=O)c1ccc(CC#N)nc1-c1nc2cc(C(F)(F)F)nnc2n1C. The predicted octanol–water partition coefficient (Wildman–Crippen LogP) is 2.30. The fraction of sp³-hybridized carbons (Fsp3) is 0.312. The standard InChI is InChI=1S/C16H13F3N6O2S/c1-3-28(26,27)11-5-4-9(6-7-20)21-13(11)15-22-10-8-12(16(17,18)19)23-24-14(10)25(15)2/h4-5,8H,3,6H2,1-2H3. The summed E-state index contributed by atoms with van der Waals surface area (Å²) in [4.78, 5) is 8.21. The van der Waals surface area contributed by atoms with Crippen molar-refractivity contribution < 1.29 is 21.6 Å². The Labute approximate surface area is 157 Å². The van der Waals surface area contributed by atoms with E-state index in [2.05, 4.69) is 20.2 Å². The molecule has 0 radical (unpaired) electrons. The Morgan fingerprint density at radius 1 is 1.21 bits per heavy atom. The van der Waals surface area contributed by atoms with Gasteiger partial charge in [-0.05, 0) is 12.1 Å². The van der Waals surface area contributed by atoms with Crippen LogP contribution in [0.25, 0.3) is 22.7 Å². The largest absolute Gasteiger partial charge is 0.435 e. The zero-order chi connectivity index (χ0) is 20.7. The summed E-state index contributed by atoms with van der Waals surface area (Å²) in [7, 11) is -2.24. The number of nitrogens with zero attached hydrogens (tertiary/aromatic N) is 6. The summed E-state index contributed by atoms with van der Waals surface area (Å²) in [6, 6.07) is 5.38. The normalized spacial score (nSPS) is 12.3. The van der Waals surface area contributed by atoms with Gasteiger partial charge < -0.3 is 4.57 Å². The average molecular weight is 410 g/mol. The fourth-order valence-electron chi connectivity index (χ4n) is 2.57. The maximum Gasteiger partial charge on any atom is 0.435 e. The molecule has 0 aliphatic heterocycles. The number of rotatable bonds is 4. The molecule has 146 valence electrons.